The summed E-state index contributed by atoms with van der Waals surface area (Å²) in [5.41, 5.74) is 1.86. The van der Waals surface area contributed by atoms with Gasteiger partial charge in [0.2, 0.25) is 0 Å². The number of nitrogens with zero attached hydrogens (tertiary/aromatic N) is 2. The Morgan fingerprint density at radius 3 is 2.14 bits per heavy atom. The molecule has 2 heterocycles. The van der Waals surface area contributed by atoms with E-state index in [0.29, 0.717) is 22.2 Å². The smallest absolute Gasteiger partial charge is 0.339 e. The van der Waals surface area contributed by atoms with E-state index in [9.17, 15) is 21.6 Å². The molecule has 0 N–H and O–H groups in total. The van der Waals surface area contributed by atoms with Crippen LogP contribution in [-0.2, 0) is 24.6 Å². The first-order valence-corrected chi connectivity index (χ1v) is 14.7. The molecule has 0 fully saturated rings. The minimum absolute atomic E-state index is 0.0223. The fourth-order valence-corrected chi connectivity index (χ4v) is 6.11. The number of hydrogen-bond acceptors (Lipinski definition) is 7. The molecule has 0 saturated heterocycles. The molecule has 8 nitrogen and oxygen atoms in total. The summed E-state index contributed by atoms with van der Waals surface area (Å²) < 4.78 is 57.8. The first-order chi connectivity index (χ1) is 17.4. The van der Waals surface area contributed by atoms with Gasteiger partial charge in [0.1, 0.15) is 0 Å². The van der Waals surface area contributed by atoms with Gasteiger partial charge in [-0.1, -0.05) is 50.3 Å². The molecule has 0 unspecified atom stereocenters. The Labute approximate surface area is 216 Å². The molecule has 0 aliphatic heterocycles. The number of sulfone groups is 1. The highest BCUT2D eigenvalue weighted by atomic mass is 32.2. The van der Waals surface area contributed by atoms with Gasteiger partial charge in [-0.15, -0.1) is 0 Å². The van der Waals surface area contributed by atoms with Gasteiger partial charge in [-0.3, -0.25) is 0 Å². The molecule has 0 atom stereocenters. The second-order valence-corrected chi connectivity index (χ2v) is 12.7. The van der Waals surface area contributed by atoms with Gasteiger partial charge < -0.3 is 4.74 Å². The maximum Gasteiger partial charge on any atom is 0.339 e. The quantitative estimate of drug-likeness (QED) is 0.317. The van der Waals surface area contributed by atoms with Crippen LogP contribution in [0.2, 0.25) is 0 Å². The molecule has 4 rings (SSSR count). The van der Waals surface area contributed by atoms with Crippen molar-refractivity contribution in [2.75, 3.05) is 13.4 Å². The van der Waals surface area contributed by atoms with E-state index in [0.717, 1.165) is 10.2 Å². The van der Waals surface area contributed by atoms with Gasteiger partial charge in [-0.25, -0.2) is 30.6 Å². The normalized spacial score (nSPS) is 12.7. The predicted octanol–water partition coefficient (Wildman–Crippen LogP) is 4.55. The summed E-state index contributed by atoms with van der Waals surface area (Å²) in [6.07, 6.45) is 4.31. The highest BCUT2D eigenvalue weighted by molar-refractivity contribution is 7.90. The first-order valence-electron chi connectivity index (χ1n) is 11.4. The van der Waals surface area contributed by atoms with E-state index in [4.69, 9.17) is 4.74 Å². The summed E-state index contributed by atoms with van der Waals surface area (Å²) in [5, 5.41) is 0.430. The van der Waals surface area contributed by atoms with E-state index in [2.05, 4.69) is 4.98 Å². The number of carbonyl (C=O) groups excluding carboxylic acids is 1. The number of pyridine rings is 1. The Bertz CT molecular complexity index is 1720. The molecule has 37 heavy (non-hydrogen) atoms. The average molecular weight is 539 g/mol. The summed E-state index contributed by atoms with van der Waals surface area (Å²) in [7, 11) is -6.26. The molecule has 0 amide bonds. The van der Waals surface area contributed by atoms with Gasteiger partial charge in [-0.05, 0) is 47.9 Å². The summed E-state index contributed by atoms with van der Waals surface area (Å²) in [6, 6.07) is 17.5. The average Bonchev–Trinajstić information content (AvgIpc) is 3.26. The Morgan fingerprint density at radius 1 is 0.919 bits per heavy atom. The first kappa shape index (κ1) is 26.3. The number of benzene rings is 2. The van der Waals surface area contributed by atoms with Crippen molar-refractivity contribution in [3.8, 4) is 0 Å². The minimum Gasteiger partial charge on any atom is -0.465 e. The van der Waals surface area contributed by atoms with Crippen LogP contribution in [0, 0.1) is 5.92 Å². The van der Waals surface area contributed by atoms with Crippen LogP contribution in [0.4, 0.5) is 0 Å². The van der Waals surface area contributed by atoms with Crippen molar-refractivity contribution in [1.82, 2.24) is 8.96 Å². The maximum atomic E-state index is 13.9. The minimum atomic E-state index is -4.11. The van der Waals surface area contributed by atoms with Crippen LogP contribution < -0.4 is 0 Å². The van der Waals surface area contributed by atoms with Crippen molar-refractivity contribution < 1.29 is 26.4 Å². The largest absolute Gasteiger partial charge is 0.465 e. The molecule has 0 spiro atoms. The fourth-order valence-electron chi connectivity index (χ4n) is 3.97. The molecular formula is C27H26N2O6S2. The summed E-state index contributed by atoms with van der Waals surface area (Å²) in [6.45, 7) is 3.91. The number of allylic oxidation sites excluding steroid dienone is 1. The van der Waals surface area contributed by atoms with Crippen LogP contribution in [0.15, 0.2) is 88.8 Å². The molecule has 2 aromatic carbocycles. The zero-order valence-electron chi connectivity index (χ0n) is 20.7. The third-order valence-corrected chi connectivity index (χ3v) is 8.52. The molecule has 192 valence electrons. The van der Waals surface area contributed by atoms with E-state index < -0.39 is 25.8 Å². The number of methoxy groups -OCH3 is 1. The Kier molecular flexibility index (Phi) is 7.07. The molecular weight excluding hydrogens is 512 g/mol. The molecule has 0 aliphatic rings. The van der Waals surface area contributed by atoms with Crippen LogP contribution in [0.1, 0.15) is 35.5 Å². The maximum absolute atomic E-state index is 13.9. The lowest BCUT2D eigenvalue weighted by Gasteiger charge is -2.15. The highest BCUT2D eigenvalue weighted by Crippen LogP contribution is 2.34. The van der Waals surface area contributed by atoms with Crippen molar-refractivity contribution in [3.05, 3.63) is 95.8 Å². The summed E-state index contributed by atoms with van der Waals surface area (Å²) >= 11 is 0. The van der Waals surface area contributed by atoms with Crippen molar-refractivity contribution in [2.24, 2.45) is 5.92 Å². The van der Waals surface area contributed by atoms with Gasteiger partial charge in [0.15, 0.2) is 15.5 Å². The van der Waals surface area contributed by atoms with Crippen molar-refractivity contribution in [3.63, 3.8) is 0 Å². The Morgan fingerprint density at radius 2 is 1.57 bits per heavy atom. The van der Waals surface area contributed by atoms with Crippen LogP contribution in [0.25, 0.3) is 16.6 Å². The van der Waals surface area contributed by atoms with Crippen LogP contribution in [-0.4, -0.2) is 45.1 Å². The zero-order chi connectivity index (χ0) is 27.0. The second kappa shape index (κ2) is 9.95. The second-order valence-electron chi connectivity index (χ2n) is 8.86. The molecule has 2 aromatic heterocycles. The third-order valence-electron chi connectivity index (χ3n) is 5.67. The van der Waals surface area contributed by atoms with E-state index >= 15 is 0 Å². The van der Waals surface area contributed by atoms with E-state index in [1.54, 1.807) is 36.4 Å². The molecule has 0 bridgehead atoms. The molecule has 0 radical (unpaired) electrons. The lowest BCUT2D eigenvalue weighted by molar-refractivity contribution is 0.0600. The number of hydrogen-bond donors (Lipinski definition) is 0. The lowest BCUT2D eigenvalue weighted by atomic mass is 9.99. The SMILES string of the molecule is COC(=O)c1cnc2c(c1)cc(C(=CC(C)C)c1ccc(S(C)(=O)=O)cc1)n2S(=O)(=O)c1ccccc1. The van der Waals surface area contributed by atoms with Crippen molar-refractivity contribution in [2.45, 2.75) is 23.6 Å². The molecule has 0 aliphatic carbocycles. The number of aromatic nitrogens is 2. The van der Waals surface area contributed by atoms with Gasteiger partial charge in [0, 0.05) is 23.4 Å². The number of carbonyl (C=O) groups is 1. The van der Waals surface area contributed by atoms with E-state index in [-0.39, 0.29) is 26.9 Å². The van der Waals surface area contributed by atoms with Gasteiger partial charge >= 0.3 is 5.97 Å². The van der Waals surface area contributed by atoms with Crippen molar-refractivity contribution >= 4 is 42.4 Å². The molecule has 4 aromatic rings. The lowest BCUT2D eigenvalue weighted by Crippen LogP contribution is -2.16. The van der Waals surface area contributed by atoms with E-state index in [1.165, 1.54) is 43.6 Å². The van der Waals surface area contributed by atoms with Gasteiger partial charge in [0.25, 0.3) is 10.0 Å². The summed E-state index contributed by atoms with van der Waals surface area (Å²) in [5.74, 6) is -0.571. The number of fused-ring (bicyclic) bond motifs is 1. The zero-order valence-corrected chi connectivity index (χ0v) is 22.4. The van der Waals surface area contributed by atoms with Gasteiger partial charge in [-0.2, -0.15) is 0 Å². The molecule has 10 heteroatoms. The number of esters is 1. The summed E-state index contributed by atoms with van der Waals surface area (Å²) in [4.78, 5) is 16.7. The Balaban J connectivity index is 2.05. The number of rotatable bonds is 7. The third kappa shape index (κ3) is 5.21. The predicted molar refractivity (Wildman–Crippen MR) is 142 cm³/mol. The molecule has 0 saturated carbocycles. The highest BCUT2D eigenvalue weighted by Gasteiger charge is 2.27. The van der Waals surface area contributed by atoms with Crippen LogP contribution in [0.3, 0.4) is 0 Å². The van der Waals surface area contributed by atoms with Gasteiger partial charge in [0.05, 0.1) is 28.2 Å². The van der Waals surface area contributed by atoms with Crippen molar-refractivity contribution in [1.29, 1.82) is 0 Å². The monoisotopic (exact) mass is 538 g/mol. The fraction of sp³-hybridized carbons (Fsp3) is 0.185. The topological polar surface area (TPSA) is 112 Å². The number of ether oxygens (including phenoxy) is 1. The van der Waals surface area contributed by atoms with E-state index in [1.807, 2.05) is 19.9 Å². The van der Waals surface area contributed by atoms with Crippen LogP contribution >= 0.6 is 0 Å². The standard InChI is InChI=1S/C27H26N2O6S2/c1-18(2)14-24(19-10-12-22(13-11-19)36(4,31)32)25-16-20-15-21(27(30)35-3)17-28-26(20)29(25)37(33,34)23-8-6-5-7-9-23/h5-18H,1-4H3. The Hall–Kier alpha value is -3.76. The van der Waals surface area contributed by atoms with Crippen LogP contribution in [0.5, 0.6) is 0 Å².